The molecule has 0 spiro atoms. The predicted molar refractivity (Wildman–Crippen MR) is 106 cm³/mol. The minimum atomic E-state index is -0.224. The molecular weight excluding hydrogens is 420 g/mol. The van der Waals surface area contributed by atoms with Gasteiger partial charge in [-0.1, -0.05) is 24.3 Å². The van der Waals surface area contributed by atoms with E-state index in [0.29, 0.717) is 13.1 Å². The number of ether oxygens (including phenoxy) is 1. The van der Waals surface area contributed by atoms with E-state index >= 15 is 0 Å². The van der Waals surface area contributed by atoms with Crippen molar-refractivity contribution < 1.29 is 9.13 Å². The van der Waals surface area contributed by atoms with Gasteiger partial charge >= 0.3 is 0 Å². The van der Waals surface area contributed by atoms with Crippen LogP contribution in [0, 0.1) is 5.82 Å². The fraction of sp³-hybridized carbons (Fsp3) is 0.278. The molecule has 0 atom stereocenters. The van der Waals surface area contributed by atoms with Gasteiger partial charge in [0.2, 0.25) is 0 Å². The summed E-state index contributed by atoms with van der Waals surface area (Å²) in [5.74, 6) is 1.40. The highest BCUT2D eigenvalue weighted by Crippen LogP contribution is 2.11. The molecule has 2 rings (SSSR count). The average Bonchev–Trinajstić information content (AvgIpc) is 2.58. The number of rotatable bonds is 5. The van der Waals surface area contributed by atoms with Crippen LogP contribution in [0.2, 0.25) is 0 Å². The highest BCUT2D eigenvalue weighted by Gasteiger charge is 2.07. The molecule has 0 aliphatic heterocycles. The van der Waals surface area contributed by atoms with Gasteiger partial charge in [-0.25, -0.2) is 4.39 Å². The second-order valence-corrected chi connectivity index (χ2v) is 5.23. The lowest BCUT2D eigenvalue weighted by molar-refractivity contribution is 0.414. The number of halogens is 2. The molecule has 24 heavy (non-hydrogen) atoms. The van der Waals surface area contributed by atoms with Crippen molar-refractivity contribution in [2.75, 3.05) is 21.2 Å². The fourth-order valence-electron chi connectivity index (χ4n) is 2.25. The van der Waals surface area contributed by atoms with Crippen LogP contribution in [0.1, 0.15) is 11.1 Å². The van der Waals surface area contributed by atoms with E-state index in [2.05, 4.69) is 10.3 Å². The normalized spacial score (nSPS) is 10.8. The molecule has 6 heteroatoms. The van der Waals surface area contributed by atoms with E-state index in [0.717, 1.165) is 22.8 Å². The number of hydrogen-bond acceptors (Lipinski definition) is 2. The van der Waals surface area contributed by atoms with Crippen LogP contribution in [0.25, 0.3) is 0 Å². The van der Waals surface area contributed by atoms with Crippen molar-refractivity contribution in [2.45, 2.75) is 13.1 Å². The maximum atomic E-state index is 13.0. The van der Waals surface area contributed by atoms with Crippen LogP contribution < -0.4 is 10.1 Å². The lowest BCUT2D eigenvalue weighted by Crippen LogP contribution is -2.38. The molecule has 0 unspecified atom stereocenters. The second-order valence-electron chi connectivity index (χ2n) is 5.23. The van der Waals surface area contributed by atoms with E-state index in [-0.39, 0.29) is 29.8 Å². The van der Waals surface area contributed by atoms with Gasteiger partial charge in [-0.2, -0.15) is 0 Å². The Kier molecular flexibility index (Phi) is 8.53. The average molecular weight is 443 g/mol. The van der Waals surface area contributed by atoms with Crippen LogP contribution in [0.4, 0.5) is 4.39 Å². The zero-order chi connectivity index (χ0) is 16.7. The molecule has 0 saturated carbocycles. The zero-order valence-corrected chi connectivity index (χ0v) is 16.5. The van der Waals surface area contributed by atoms with Gasteiger partial charge in [0.15, 0.2) is 5.96 Å². The zero-order valence-electron chi connectivity index (χ0n) is 14.1. The van der Waals surface area contributed by atoms with Gasteiger partial charge in [-0.3, -0.25) is 4.99 Å². The van der Waals surface area contributed by atoms with Crippen LogP contribution in [0.15, 0.2) is 53.5 Å². The second kappa shape index (κ2) is 10.1. The lowest BCUT2D eigenvalue weighted by atomic mass is 10.2. The smallest absolute Gasteiger partial charge is 0.193 e. The number of benzene rings is 2. The van der Waals surface area contributed by atoms with E-state index in [1.807, 2.05) is 36.2 Å². The Morgan fingerprint density at radius 3 is 2.21 bits per heavy atom. The van der Waals surface area contributed by atoms with Crippen molar-refractivity contribution in [3.8, 4) is 5.75 Å². The Bertz CT molecular complexity index is 644. The summed E-state index contributed by atoms with van der Waals surface area (Å²) in [4.78, 5) is 6.28. The van der Waals surface area contributed by atoms with E-state index in [4.69, 9.17) is 4.74 Å². The molecule has 2 aromatic rings. The van der Waals surface area contributed by atoms with Gasteiger partial charge < -0.3 is 15.0 Å². The van der Waals surface area contributed by atoms with Crippen molar-refractivity contribution in [3.63, 3.8) is 0 Å². The summed E-state index contributed by atoms with van der Waals surface area (Å²) < 4.78 is 18.1. The first-order valence-electron chi connectivity index (χ1n) is 7.41. The Morgan fingerprint density at radius 2 is 1.67 bits per heavy atom. The number of methoxy groups -OCH3 is 1. The SMILES string of the molecule is CN=C(NCc1ccc(OC)cc1)N(C)Cc1ccc(F)cc1.I. The summed E-state index contributed by atoms with van der Waals surface area (Å²) in [5, 5.41) is 3.32. The number of nitrogens with one attached hydrogen (secondary N) is 1. The van der Waals surface area contributed by atoms with Crippen molar-refractivity contribution in [2.24, 2.45) is 4.99 Å². The maximum absolute atomic E-state index is 13.0. The van der Waals surface area contributed by atoms with Crippen molar-refractivity contribution >= 4 is 29.9 Å². The first kappa shape index (κ1) is 20.2. The van der Waals surface area contributed by atoms with E-state index in [1.54, 1.807) is 26.3 Å². The molecule has 130 valence electrons. The van der Waals surface area contributed by atoms with Crippen LogP contribution in [0.3, 0.4) is 0 Å². The summed E-state index contributed by atoms with van der Waals surface area (Å²) in [5.41, 5.74) is 2.17. The topological polar surface area (TPSA) is 36.9 Å². The maximum Gasteiger partial charge on any atom is 0.193 e. The van der Waals surface area contributed by atoms with Crippen LogP contribution in [0.5, 0.6) is 5.75 Å². The van der Waals surface area contributed by atoms with Crippen LogP contribution in [-0.2, 0) is 13.1 Å². The highest BCUT2D eigenvalue weighted by atomic mass is 127. The standard InChI is InChI=1S/C18H22FN3O.HI/c1-20-18(21-12-14-6-10-17(23-3)11-7-14)22(2)13-15-4-8-16(19)9-5-15;/h4-11H,12-13H2,1-3H3,(H,20,21);1H. The first-order valence-corrected chi connectivity index (χ1v) is 7.41. The quantitative estimate of drug-likeness (QED) is 0.436. The lowest BCUT2D eigenvalue weighted by Gasteiger charge is -2.22. The van der Waals surface area contributed by atoms with Gasteiger partial charge in [0.05, 0.1) is 7.11 Å². The minimum absolute atomic E-state index is 0. The molecule has 0 heterocycles. The fourth-order valence-corrected chi connectivity index (χ4v) is 2.25. The molecule has 0 amide bonds. The number of hydrogen-bond donors (Lipinski definition) is 1. The van der Waals surface area contributed by atoms with Crippen LogP contribution in [-0.4, -0.2) is 32.1 Å². The Balaban J connectivity index is 0.00000288. The summed E-state index contributed by atoms with van der Waals surface area (Å²) in [6, 6.07) is 14.4. The van der Waals surface area contributed by atoms with Gasteiger partial charge in [-0.15, -0.1) is 24.0 Å². The van der Waals surface area contributed by atoms with E-state index in [9.17, 15) is 4.39 Å². The molecule has 0 fully saturated rings. The van der Waals surface area contributed by atoms with Gasteiger partial charge in [0.1, 0.15) is 11.6 Å². The van der Waals surface area contributed by atoms with Gasteiger partial charge in [0, 0.05) is 27.2 Å². The Hall–Kier alpha value is -1.83. The van der Waals surface area contributed by atoms with Gasteiger partial charge in [0.25, 0.3) is 0 Å². The molecule has 0 radical (unpaired) electrons. The number of guanidine groups is 1. The molecule has 0 saturated heterocycles. The Morgan fingerprint density at radius 1 is 1.08 bits per heavy atom. The monoisotopic (exact) mass is 443 g/mol. The molecular formula is C18H23FIN3O. The number of aliphatic imine (C=N–C) groups is 1. The summed E-state index contributed by atoms with van der Waals surface area (Å²) in [6.45, 7) is 1.33. The summed E-state index contributed by atoms with van der Waals surface area (Å²) in [6.07, 6.45) is 0. The third kappa shape index (κ3) is 5.99. The Labute approximate surface area is 159 Å². The van der Waals surface area contributed by atoms with Crippen molar-refractivity contribution in [3.05, 3.63) is 65.5 Å². The van der Waals surface area contributed by atoms with Gasteiger partial charge in [-0.05, 0) is 35.4 Å². The summed E-state index contributed by atoms with van der Waals surface area (Å²) >= 11 is 0. The highest BCUT2D eigenvalue weighted by molar-refractivity contribution is 14.0. The van der Waals surface area contributed by atoms with Crippen molar-refractivity contribution in [1.82, 2.24) is 10.2 Å². The third-order valence-electron chi connectivity index (χ3n) is 3.52. The molecule has 0 bridgehead atoms. The molecule has 0 aromatic heterocycles. The molecule has 1 N–H and O–H groups in total. The van der Waals surface area contributed by atoms with Crippen molar-refractivity contribution in [1.29, 1.82) is 0 Å². The molecule has 0 aliphatic rings. The minimum Gasteiger partial charge on any atom is -0.497 e. The largest absolute Gasteiger partial charge is 0.497 e. The van der Waals surface area contributed by atoms with E-state index < -0.39 is 0 Å². The van der Waals surface area contributed by atoms with E-state index in [1.165, 1.54) is 12.1 Å². The predicted octanol–water partition coefficient (Wildman–Crippen LogP) is 3.66. The molecule has 0 aliphatic carbocycles. The third-order valence-corrected chi connectivity index (χ3v) is 3.52. The van der Waals surface area contributed by atoms with Crippen LogP contribution >= 0.6 is 24.0 Å². The number of nitrogens with zero attached hydrogens (tertiary/aromatic N) is 2. The first-order chi connectivity index (χ1) is 11.1. The molecule has 2 aromatic carbocycles. The molecule has 4 nitrogen and oxygen atoms in total. The summed E-state index contributed by atoms with van der Waals surface area (Å²) in [7, 11) is 5.35.